The summed E-state index contributed by atoms with van der Waals surface area (Å²) in [5, 5.41) is 4.06. The summed E-state index contributed by atoms with van der Waals surface area (Å²) in [5.41, 5.74) is 0.614. The quantitative estimate of drug-likeness (QED) is 0.766. The molecule has 0 aliphatic carbocycles. The van der Waals surface area contributed by atoms with Crippen LogP contribution in [0.15, 0.2) is 33.6 Å². The second kappa shape index (κ2) is 4.31. The first-order chi connectivity index (χ1) is 9.19. The Morgan fingerprint density at radius 2 is 2.26 bits per heavy atom. The van der Waals surface area contributed by atoms with Crippen molar-refractivity contribution in [3.8, 4) is 11.3 Å². The molecule has 3 rings (SSSR count). The lowest BCUT2D eigenvalue weighted by Gasteiger charge is -1.97. The van der Waals surface area contributed by atoms with Gasteiger partial charge >= 0.3 is 0 Å². The van der Waals surface area contributed by atoms with Crippen LogP contribution in [0.5, 0.6) is 0 Å². The maximum Gasteiger partial charge on any atom is 0.265 e. The Balaban J connectivity index is 2.29. The van der Waals surface area contributed by atoms with Gasteiger partial charge < -0.3 is 9.51 Å². The molecular formula is C13H10FN3O2. The predicted molar refractivity (Wildman–Crippen MR) is 67.2 cm³/mol. The zero-order valence-corrected chi connectivity index (χ0v) is 10.1. The SMILES string of the molecule is CCc1nc2onc(-c3cccc(F)c3)c2c(=O)[nH]1. The Hall–Kier alpha value is -2.50. The number of fused-ring (bicyclic) bond motifs is 1. The molecule has 0 aliphatic rings. The highest BCUT2D eigenvalue weighted by molar-refractivity contribution is 5.88. The molecule has 2 heterocycles. The average molecular weight is 259 g/mol. The minimum atomic E-state index is -0.400. The third-order valence-electron chi connectivity index (χ3n) is 2.83. The summed E-state index contributed by atoms with van der Waals surface area (Å²) in [6.07, 6.45) is 0.585. The number of rotatable bonds is 2. The molecule has 0 fully saturated rings. The molecule has 0 atom stereocenters. The van der Waals surface area contributed by atoms with E-state index in [4.69, 9.17) is 4.52 Å². The lowest BCUT2D eigenvalue weighted by Crippen LogP contribution is -2.10. The molecule has 19 heavy (non-hydrogen) atoms. The molecule has 0 saturated heterocycles. The van der Waals surface area contributed by atoms with E-state index in [-0.39, 0.29) is 16.7 Å². The van der Waals surface area contributed by atoms with Crippen molar-refractivity contribution in [3.63, 3.8) is 0 Å². The first-order valence-corrected chi connectivity index (χ1v) is 5.83. The molecule has 0 spiro atoms. The van der Waals surface area contributed by atoms with E-state index in [2.05, 4.69) is 15.1 Å². The van der Waals surface area contributed by atoms with Crippen molar-refractivity contribution < 1.29 is 8.91 Å². The Morgan fingerprint density at radius 1 is 1.42 bits per heavy atom. The van der Waals surface area contributed by atoms with E-state index in [1.54, 1.807) is 12.1 Å². The lowest BCUT2D eigenvalue weighted by atomic mass is 10.1. The average Bonchev–Trinajstić information content (AvgIpc) is 2.83. The van der Waals surface area contributed by atoms with E-state index >= 15 is 0 Å². The molecule has 2 aromatic heterocycles. The number of hydrogen-bond acceptors (Lipinski definition) is 4. The number of hydrogen-bond donors (Lipinski definition) is 1. The van der Waals surface area contributed by atoms with Crippen molar-refractivity contribution in [1.82, 2.24) is 15.1 Å². The summed E-state index contributed by atoms with van der Waals surface area (Å²) in [6.45, 7) is 1.87. The third-order valence-corrected chi connectivity index (χ3v) is 2.83. The first kappa shape index (κ1) is 11.6. The fourth-order valence-electron chi connectivity index (χ4n) is 1.91. The number of aromatic amines is 1. The number of aromatic nitrogens is 3. The van der Waals surface area contributed by atoms with Gasteiger partial charge in [-0.15, -0.1) is 0 Å². The van der Waals surface area contributed by atoms with Crippen molar-refractivity contribution in [3.05, 3.63) is 46.3 Å². The molecule has 0 amide bonds. The van der Waals surface area contributed by atoms with Crippen LogP contribution in [0.25, 0.3) is 22.4 Å². The number of nitrogens with one attached hydrogen (secondary N) is 1. The summed E-state index contributed by atoms with van der Waals surface area (Å²) in [6, 6.07) is 5.83. The van der Waals surface area contributed by atoms with Crippen LogP contribution in [0.4, 0.5) is 4.39 Å². The summed E-state index contributed by atoms with van der Waals surface area (Å²) in [5.74, 6) is 0.127. The van der Waals surface area contributed by atoms with Crippen molar-refractivity contribution in [1.29, 1.82) is 0 Å². The zero-order chi connectivity index (χ0) is 13.4. The molecular weight excluding hydrogens is 249 g/mol. The molecule has 0 unspecified atom stereocenters. The van der Waals surface area contributed by atoms with Gasteiger partial charge in [0.2, 0.25) is 0 Å². The zero-order valence-electron chi connectivity index (χ0n) is 10.1. The number of H-pyrrole nitrogens is 1. The van der Waals surface area contributed by atoms with Gasteiger partial charge in [-0.05, 0) is 12.1 Å². The second-order valence-corrected chi connectivity index (χ2v) is 4.09. The van der Waals surface area contributed by atoms with E-state index in [0.717, 1.165) is 0 Å². The summed E-state index contributed by atoms with van der Waals surface area (Å²) >= 11 is 0. The molecule has 0 aliphatic heterocycles. The van der Waals surface area contributed by atoms with Gasteiger partial charge in [-0.2, -0.15) is 4.98 Å². The van der Waals surface area contributed by atoms with Crippen LogP contribution in [-0.2, 0) is 6.42 Å². The first-order valence-electron chi connectivity index (χ1n) is 5.83. The van der Waals surface area contributed by atoms with Crippen molar-refractivity contribution >= 4 is 11.1 Å². The van der Waals surface area contributed by atoms with Crippen LogP contribution >= 0.6 is 0 Å². The van der Waals surface area contributed by atoms with Gasteiger partial charge in [0.05, 0.1) is 0 Å². The Kier molecular flexibility index (Phi) is 2.63. The Morgan fingerprint density at radius 3 is 3.00 bits per heavy atom. The van der Waals surface area contributed by atoms with Crippen LogP contribution in [0.1, 0.15) is 12.7 Å². The van der Waals surface area contributed by atoms with Crippen LogP contribution < -0.4 is 5.56 Å². The van der Waals surface area contributed by atoms with Gasteiger partial charge in [0.25, 0.3) is 11.3 Å². The molecule has 0 saturated carbocycles. The van der Waals surface area contributed by atoms with Gasteiger partial charge in [-0.1, -0.05) is 24.2 Å². The smallest absolute Gasteiger partial charge is 0.265 e. The maximum absolute atomic E-state index is 13.2. The fraction of sp³-hybridized carbons (Fsp3) is 0.154. The second-order valence-electron chi connectivity index (χ2n) is 4.09. The number of benzene rings is 1. The molecule has 3 aromatic rings. The summed E-state index contributed by atoms with van der Waals surface area (Å²) in [4.78, 5) is 18.8. The van der Waals surface area contributed by atoms with Crippen LogP contribution in [-0.4, -0.2) is 15.1 Å². The van der Waals surface area contributed by atoms with Crippen molar-refractivity contribution in [2.45, 2.75) is 13.3 Å². The molecule has 5 nitrogen and oxygen atoms in total. The van der Waals surface area contributed by atoms with Crippen LogP contribution in [0.2, 0.25) is 0 Å². The van der Waals surface area contributed by atoms with Gasteiger partial charge in [0, 0.05) is 12.0 Å². The van der Waals surface area contributed by atoms with E-state index in [0.29, 0.717) is 23.5 Å². The normalized spacial score (nSPS) is 11.1. The van der Waals surface area contributed by atoms with Crippen LogP contribution in [0.3, 0.4) is 0 Å². The van der Waals surface area contributed by atoms with Crippen molar-refractivity contribution in [2.24, 2.45) is 0 Å². The van der Waals surface area contributed by atoms with Crippen molar-refractivity contribution in [2.75, 3.05) is 0 Å². The molecule has 96 valence electrons. The Labute approximate surface area is 107 Å². The Bertz CT molecular complexity index is 807. The van der Waals surface area contributed by atoms with Gasteiger partial charge in [-0.3, -0.25) is 4.79 Å². The third kappa shape index (κ3) is 1.91. The van der Waals surface area contributed by atoms with Gasteiger partial charge in [-0.25, -0.2) is 4.39 Å². The van der Waals surface area contributed by atoms with E-state index in [9.17, 15) is 9.18 Å². The molecule has 0 bridgehead atoms. The highest BCUT2D eigenvalue weighted by atomic mass is 19.1. The number of nitrogens with zero attached hydrogens (tertiary/aromatic N) is 2. The standard InChI is InChI=1S/C13H10FN3O2/c1-2-9-15-12(18)10-11(17-19-13(10)16-9)7-4-3-5-8(14)6-7/h3-6H,2H2,1H3,(H,15,16,18). The summed E-state index contributed by atoms with van der Waals surface area (Å²) < 4.78 is 18.3. The highest BCUT2D eigenvalue weighted by Crippen LogP contribution is 2.24. The van der Waals surface area contributed by atoms with E-state index in [1.807, 2.05) is 6.92 Å². The largest absolute Gasteiger partial charge is 0.335 e. The molecule has 0 radical (unpaired) electrons. The minimum absolute atomic E-state index is 0.167. The van der Waals surface area contributed by atoms with Gasteiger partial charge in [0.15, 0.2) is 0 Å². The maximum atomic E-state index is 13.2. The van der Waals surface area contributed by atoms with Crippen LogP contribution in [0, 0.1) is 5.82 Å². The number of aryl methyl sites for hydroxylation is 1. The molecule has 1 N–H and O–H groups in total. The minimum Gasteiger partial charge on any atom is -0.335 e. The summed E-state index contributed by atoms with van der Waals surface area (Å²) in [7, 11) is 0. The topological polar surface area (TPSA) is 71.8 Å². The number of halogens is 1. The monoisotopic (exact) mass is 259 g/mol. The van der Waals surface area contributed by atoms with E-state index in [1.165, 1.54) is 12.1 Å². The van der Waals surface area contributed by atoms with E-state index < -0.39 is 5.82 Å². The fourth-order valence-corrected chi connectivity index (χ4v) is 1.91. The van der Waals surface area contributed by atoms with Gasteiger partial charge in [0.1, 0.15) is 22.7 Å². The lowest BCUT2D eigenvalue weighted by molar-refractivity contribution is 0.450. The molecule has 6 heteroatoms. The predicted octanol–water partition coefficient (Wildman–Crippen LogP) is 2.28. The molecule has 1 aromatic carbocycles. The highest BCUT2D eigenvalue weighted by Gasteiger charge is 2.16.